The molecule has 0 aromatic carbocycles. The first-order valence-electron chi connectivity index (χ1n) is 8.27. The Morgan fingerprint density at radius 2 is 2.23 bits per heavy atom. The lowest BCUT2D eigenvalue weighted by Gasteiger charge is -2.30. The fraction of sp³-hybridized carbons (Fsp3) is 0.412. The van der Waals surface area contributed by atoms with E-state index in [1.54, 1.807) is 30.2 Å². The van der Waals surface area contributed by atoms with Gasteiger partial charge >= 0.3 is 0 Å². The topological polar surface area (TPSA) is 95.6 Å². The van der Waals surface area contributed by atoms with Crippen LogP contribution in [0.25, 0.3) is 0 Å². The third-order valence-corrected chi connectivity index (χ3v) is 4.63. The number of anilines is 1. The van der Waals surface area contributed by atoms with E-state index < -0.39 is 5.82 Å². The number of amides is 1. The van der Waals surface area contributed by atoms with Gasteiger partial charge in [0, 0.05) is 25.3 Å². The number of nitriles is 1. The first kappa shape index (κ1) is 18.1. The number of aromatic nitrogens is 3. The van der Waals surface area contributed by atoms with Crippen molar-refractivity contribution in [2.75, 3.05) is 5.32 Å². The highest BCUT2D eigenvalue weighted by Crippen LogP contribution is 2.25. The van der Waals surface area contributed by atoms with Crippen LogP contribution in [0.4, 0.5) is 10.2 Å². The van der Waals surface area contributed by atoms with E-state index in [1.807, 2.05) is 0 Å². The molecule has 0 radical (unpaired) electrons. The summed E-state index contributed by atoms with van der Waals surface area (Å²) in [5.74, 6) is -0.816. The van der Waals surface area contributed by atoms with E-state index in [0.717, 1.165) is 25.3 Å². The first-order chi connectivity index (χ1) is 12.5. The van der Waals surface area contributed by atoms with Crippen LogP contribution in [-0.4, -0.2) is 32.5 Å². The number of imidazole rings is 1. The van der Waals surface area contributed by atoms with Gasteiger partial charge < -0.3 is 15.2 Å². The lowest BCUT2D eigenvalue weighted by molar-refractivity contribution is 0.0921. The molecule has 7 nitrogen and oxygen atoms in total. The van der Waals surface area contributed by atoms with Crippen LogP contribution in [0, 0.1) is 17.1 Å². The second kappa shape index (κ2) is 7.70. The minimum absolute atomic E-state index is 0.00105. The van der Waals surface area contributed by atoms with Crippen LogP contribution in [0.2, 0.25) is 5.15 Å². The molecule has 2 heterocycles. The molecule has 1 aliphatic rings. The number of carbonyl (C=O) groups excluding carboxylic acids is 1. The first-order valence-corrected chi connectivity index (χ1v) is 8.65. The fourth-order valence-corrected chi connectivity index (χ4v) is 3.26. The number of carbonyl (C=O) groups is 1. The van der Waals surface area contributed by atoms with Crippen molar-refractivity contribution >= 4 is 23.3 Å². The number of aryl methyl sites for hydroxylation is 1. The standard InChI is InChI=1S/C17H18ClFN6O/c1-25-8-14(21-9-25)17(26)23-12-4-2-3-11(6-12)22-16-13(19)5-10(7-20)15(18)24-16/h5,8-9,11-12H,2-4,6H2,1H3,(H,22,24)(H,23,26)/t11-,12+/m0/s1. The van der Waals surface area contributed by atoms with Gasteiger partial charge in [-0.15, -0.1) is 0 Å². The van der Waals surface area contributed by atoms with Gasteiger partial charge in [-0.25, -0.2) is 14.4 Å². The van der Waals surface area contributed by atoms with Crippen LogP contribution < -0.4 is 10.6 Å². The van der Waals surface area contributed by atoms with E-state index >= 15 is 0 Å². The molecule has 26 heavy (non-hydrogen) atoms. The Morgan fingerprint density at radius 3 is 2.92 bits per heavy atom. The molecular weight excluding hydrogens is 359 g/mol. The Kier molecular flexibility index (Phi) is 5.38. The highest BCUT2D eigenvalue weighted by atomic mass is 35.5. The SMILES string of the molecule is Cn1cnc(C(=O)N[C@@H]2CCC[C@H](Nc3nc(Cl)c(C#N)cc3F)C2)c1. The average Bonchev–Trinajstić information content (AvgIpc) is 3.05. The Morgan fingerprint density at radius 1 is 1.46 bits per heavy atom. The van der Waals surface area contributed by atoms with Gasteiger partial charge in [0.05, 0.1) is 11.9 Å². The van der Waals surface area contributed by atoms with Crippen LogP contribution in [0.15, 0.2) is 18.6 Å². The van der Waals surface area contributed by atoms with Crippen molar-refractivity contribution in [3.63, 3.8) is 0 Å². The number of pyridine rings is 1. The Bertz CT molecular complexity index is 861. The zero-order chi connectivity index (χ0) is 18.7. The summed E-state index contributed by atoms with van der Waals surface area (Å²) < 4.78 is 15.8. The molecule has 2 N–H and O–H groups in total. The molecular formula is C17H18ClFN6O. The molecule has 136 valence electrons. The summed E-state index contributed by atoms with van der Waals surface area (Å²) in [6.07, 6.45) is 6.43. The average molecular weight is 377 g/mol. The number of nitrogens with one attached hydrogen (secondary N) is 2. The Hall–Kier alpha value is -2.66. The Balaban J connectivity index is 1.63. The van der Waals surface area contributed by atoms with Gasteiger partial charge in [0.1, 0.15) is 16.9 Å². The molecule has 1 aliphatic carbocycles. The van der Waals surface area contributed by atoms with Crippen LogP contribution in [-0.2, 0) is 7.05 Å². The molecule has 0 aliphatic heterocycles. The maximum atomic E-state index is 14.1. The maximum Gasteiger partial charge on any atom is 0.271 e. The monoisotopic (exact) mass is 376 g/mol. The van der Waals surface area contributed by atoms with Crippen molar-refractivity contribution in [3.8, 4) is 6.07 Å². The maximum absolute atomic E-state index is 14.1. The van der Waals surface area contributed by atoms with Crippen molar-refractivity contribution in [1.82, 2.24) is 19.9 Å². The molecule has 0 saturated heterocycles. The molecule has 2 atom stereocenters. The lowest BCUT2D eigenvalue weighted by atomic mass is 9.91. The van der Waals surface area contributed by atoms with Gasteiger partial charge in [0.25, 0.3) is 5.91 Å². The highest BCUT2D eigenvalue weighted by molar-refractivity contribution is 6.30. The smallest absolute Gasteiger partial charge is 0.271 e. The molecule has 0 bridgehead atoms. The molecule has 1 saturated carbocycles. The van der Waals surface area contributed by atoms with Crippen LogP contribution in [0.1, 0.15) is 41.7 Å². The number of rotatable bonds is 4. The second-order valence-electron chi connectivity index (χ2n) is 6.37. The van der Waals surface area contributed by atoms with E-state index in [9.17, 15) is 9.18 Å². The van der Waals surface area contributed by atoms with E-state index in [-0.39, 0.29) is 34.5 Å². The summed E-state index contributed by atoms with van der Waals surface area (Å²) in [7, 11) is 1.80. The quantitative estimate of drug-likeness (QED) is 0.800. The van der Waals surface area contributed by atoms with Crippen molar-refractivity contribution in [2.45, 2.75) is 37.8 Å². The van der Waals surface area contributed by atoms with Gasteiger partial charge in [-0.2, -0.15) is 5.26 Å². The molecule has 1 amide bonds. The lowest BCUT2D eigenvalue weighted by Crippen LogP contribution is -2.42. The summed E-state index contributed by atoms with van der Waals surface area (Å²) in [6.45, 7) is 0. The van der Waals surface area contributed by atoms with E-state index in [4.69, 9.17) is 16.9 Å². The molecule has 2 aromatic heterocycles. The summed E-state index contributed by atoms with van der Waals surface area (Å²) in [4.78, 5) is 20.2. The third kappa shape index (κ3) is 4.11. The highest BCUT2D eigenvalue weighted by Gasteiger charge is 2.25. The van der Waals surface area contributed by atoms with E-state index in [1.165, 1.54) is 0 Å². The minimum Gasteiger partial charge on any atom is -0.365 e. The molecule has 2 aromatic rings. The molecule has 3 rings (SSSR count). The number of nitrogens with zero attached hydrogens (tertiary/aromatic N) is 4. The van der Waals surface area contributed by atoms with Gasteiger partial charge in [-0.1, -0.05) is 11.6 Å². The largest absolute Gasteiger partial charge is 0.365 e. The summed E-state index contributed by atoms with van der Waals surface area (Å²) >= 11 is 5.88. The van der Waals surface area contributed by atoms with Gasteiger partial charge in [0.15, 0.2) is 11.6 Å². The zero-order valence-electron chi connectivity index (χ0n) is 14.2. The normalized spacial score (nSPS) is 19.6. The van der Waals surface area contributed by atoms with Gasteiger partial charge in [-0.05, 0) is 31.7 Å². The molecule has 0 unspecified atom stereocenters. The zero-order valence-corrected chi connectivity index (χ0v) is 14.9. The van der Waals surface area contributed by atoms with Crippen LogP contribution >= 0.6 is 11.6 Å². The van der Waals surface area contributed by atoms with Crippen molar-refractivity contribution < 1.29 is 9.18 Å². The summed E-state index contributed by atoms with van der Waals surface area (Å²) in [6, 6.07) is 2.78. The van der Waals surface area contributed by atoms with E-state index in [0.29, 0.717) is 12.1 Å². The fourth-order valence-electron chi connectivity index (χ4n) is 3.08. The molecule has 0 spiro atoms. The Labute approximate surface area is 155 Å². The van der Waals surface area contributed by atoms with Crippen molar-refractivity contribution in [2.24, 2.45) is 7.05 Å². The predicted molar refractivity (Wildman–Crippen MR) is 94.3 cm³/mol. The van der Waals surface area contributed by atoms with Gasteiger partial charge in [0.2, 0.25) is 0 Å². The number of hydrogen-bond donors (Lipinski definition) is 2. The summed E-state index contributed by atoms with van der Waals surface area (Å²) in [5, 5.41) is 14.8. The van der Waals surface area contributed by atoms with Crippen LogP contribution in [0.5, 0.6) is 0 Å². The van der Waals surface area contributed by atoms with Crippen LogP contribution in [0.3, 0.4) is 0 Å². The summed E-state index contributed by atoms with van der Waals surface area (Å²) in [5.41, 5.74) is 0.369. The van der Waals surface area contributed by atoms with Crippen molar-refractivity contribution in [1.29, 1.82) is 5.26 Å². The second-order valence-corrected chi connectivity index (χ2v) is 6.73. The van der Waals surface area contributed by atoms with Crippen molar-refractivity contribution in [3.05, 3.63) is 40.8 Å². The minimum atomic E-state index is -0.620. The van der Waals surface area contributed by atoms with E-state index in [2.05, 4.69) is 20.6 Å². The number of halogens is 2. The predicted octanol–water partition coefficient (Wildman–Crippen LogP) is 2.63. The van der Waals surface area contributed by atoms with Gasteiger partial charge in [-0.3, -0.25) is 4.79 Å². The number of hydrogen-bond acceptors (Lipinski definition) is 5. The molecule has 1 fully saturated rings. The third-order valence-electron chi connectivity index (χ3n) is 4.34. The molecule has 9 heteroatoms.